The van der Waals surface area contributed by atoms with Gasteiger partial charge in [0.2, 0.25) is 0 Å². The Bertz CT molecular complexity index is 424. The molecule has 0 atom stereocenters. The Morgan fingerprint density at radius 2 is 1.93 bits per heavy atom. The molecular weight excluding hydrogens is 225 g/mol. The van der Waals surface area contributed by atoms with Crippen LogP contribution in [0.4, 0.5) is 5.69 Å². The van der Waals surface area contributed by atoms with E-state index in [4.69, 9.17) is 21.9 Å². The van der Waals surface area contributed by atoms with Crippen molar-refractivity contribution in [2.45, 2.75) is 4.90 Å². The van der Waals surface area contributed by atoms with Crippen LogP contribution in [-0.4, -0.2) is 13.0 Å². The van der Waals surface area contributed by atoms with Crippen molar-refractivity contribution in [2.24, 2.45) is 0 Å². The second kappa shape index (κ2) is 4.42. The van der Waals surface area contributed by atoms with Crippen molar-refractivity contribution in [1.82, 2.24) is 0 Å². The van der Waals surface area contributed by atoms with Crippen molar-refractivity contribution in [3.8, 4) is 5.75 Å². The van der Waals surface area contributed by atoms with Crippen molar-refractivity contribution < 1.29 is 36.9 Å². The monoisotopic (exact) mass is 229 g/mol. The van der Waals surface area contributed by atoms with Gasteiger partial charge in [-0.3, -0.25) is 4.55 Å². The maximum absolute atomic E-state index is 10.9. The quantitative estimate of drug-likeness (QED) is 0.309. The maximum atomic E-state index is 10.9. The fourth-order valence-corrected chi connectivity index (χ4v) is 1.38. The zero-order chi connectivity index (χ0) is 10.2. The molecule has 8 heteroatoms. The molecule has 0 fully saturated rings. The van der Waals surface area contributed by atoms with Crippen LogP contribution >= 0.6 is 11.6 Å². The van der Waals surface area contributed by atoms with Crippen LogP contribution in [0.2, 0.25) is 5.02 Å². The van der Waals surface area contributed by atoms with Gasteiger partial charge in [-0.2, -0.15) is 8.42 Å². The van der Waals surface area contributed by atoms with E-state index in [0.717, 1.165) is 6.07 Å². The Balaban J connectivity index is 0.00000169. The van der Waals surface area contributed by atoms with Crippen LogP contribution in [0.5, 0.6) is 5.75 Å². The molecule has 0 bridgehead atoms. The summed E-state index contributed by atoms with van der Waals surface area (Å²) in [6.07, 6.45) is 0. The number of benzene rings is 1. The second-order valence-corrected chi connectivity index (χ2v) is 4.10. The Hall–Kier alpha value is -0.383. The van der Waals surface area contributed by atoms with E-state index in [1.807, 2.05) is 0 Å². The predicted octanol–water partition coefficient (Wildman–Crippen LogP) is -2.75. The fraction of sp³-hybridized carbons (Fsp3) is 0. The van der Waals surface area contributed by atoms with Crippen LogP contribution in [0.1, 0.15) is 0 Å². The van der Waals surface area contributed by atoms with Crippen molar-refractivity contribution in [3.63, 3.8) is 0 Å². The summed E-state index contributed by atoms with van der Waals surface area (Å²) >= 11 is 5.39. The predicted molar refractivity (Wildman–Crippen MR) is 45.1 cm³/mol. The van der Waals surface area contributed by atoms with E-state index in [2.05, 4.69) is 0 Å². The number of hydrogen-bond donors (Lipinski definition) is 2. The third kappa shape index (κ3) is 2.80. The standard InChI is InChI=1S/C6H6ClNO4S.Li/c7-6-4(8)1-3(2-5(6)9)13(10,11)12;/h1-2,9H,8H2,(H,10,11,12);/q;+1/p-1. The van der Waals surface area contributed by atoms with E-state index in [-0.39, 0.29) is 29.6 Å². The summed E-state index contributed by atoms with van der Waals surface area (Å²) in [5.41, 5.74) is 5.03. The number of halogens is 1. The molecule has 0 radical (unpaired) electrons. The average Bonchev–Trinajstić information content (AvgIpc) is 1.97. The van der Waals surface area contributed by atoms with Gasteiger partial charge in [0.15, 0.2) is 0 Å². The third-order valence-electron chi connectivity index (χ3n) is 1.34. The van der Waals surface area contributed by atoms with Gasteiger partial charge in [0, 0.05) is 0 Å². The van der Waals surface area contributed by atoms with Crippen LogP contribution in [0, 0.1) is 0 Å². The molecule has 1 rings (SSSR count). The van der Waals surface area contributed by atoms with E-state index >= 15 is 0 Å². The normalized spacial score (nSPS) is 10.7. The summed E-state index contributed by atoms with van der Waals surface area (Å²) < 4.78 is 29.7. The van der Waals surface area contributed by atoms with Gasteiger partial charge in [0.25, 0.3) is 10.1 Å². The molecule has 0 aliphatic carbocycles. The molecule has 1 aromatic carbocycles. The topological polar surface area (TPSA) is 103 Å². The van der Waals surface area contributed by atoms with Crippen molar-refractivity contribution in [3.05, 3.63) is 17.2 Å². The fourth-order valence-electron chi connectivity index (χ4n) is 0.742. The first-order chi connectivity index (χ1) is 5.82. The molecule has 5 nitrogen and oxygen atoms in total. The number of nitrogen functional groups attached to an aromatic ring is 1. The molecule has 1 aromatic rings. The van der Waals surface area contributed by atoms with Crippen LogP contribution in [0.15, 0.2) is 17.0 Å². The van der Waals surface area contributed by atoms with Crippen LogP contribution < -0.4 is 29.7 Å². The third-order valence-corrected chi connectivity index (χ3v) is 2.57. The Labute approximate surface area is 97.8 Å². The smallest absolute Gasteiger partial charge is 0.871 e. The van der Waals surface area contributed by atoms with E-state index in [1.165, 1.54) is 0 Å². The van der Waals surface area contributed by atoms with E-state index in [9.17, 15) is 13.5 Å². The van der Waals surface area contributed by atoms with Gasteiger partial charge in [0.1, 0.15) is 0 Å². The Morgan fingerprint density at radius 1 is 1.43 bits per heavy atom. The first-order valence-corrected chi connectivity index (χ1v) is 4.87. The maximum Gasteiger partial charge on any atom is 1.00 e. The molecule has 3 N–H and O–H groups in total. The number of anilines is 1. The summed E-state index contributed by atoms with van der Waals surface area (Å²) in [5, 5.41) is 10.7. The molecule has 0 aliphatic rings. The largest absolute Gasteiger partial charge is 1.00 e. The molecular formula is C6H5ClLiNO4S. The van der Waals surface area contributed by atoms with Gasteiger partial charge < -0.3 is 10.8 Å². The second-order valence-electron chi connectivity index (χ2n) is 2.30. The SMILES string of the molecule is Nc1cc(S(=O)(=O)O)cc([O-])c1Cl.[Li+]. The van der Waals surface area contributed by atoms with Crippen molar-refractivity contribution in [1.29, 1.82) is 0 Å². The zero-order valence-electron chi connectivity index (χ0n) is 7.19. The zero-order valence-corrected chi connectivity index (χ0v) is 8.76. The summed E-state index contributed by atoms with van der Waals surface area (Å²) in [4.78, 5) is -0.556. The van der Waals surface area contributed by atoms with E-state index in [1.54, 1.807) is 0 Å². The van der Waals surface area contributed by atoms with Gasteiger partial charge in [-0.05, 0) is 12.1 Å². The van der Waals surface area contributed by atoms with Gasteiger partial charge in [-0.1, -0.05) is 17.4 Å². The van der Waals surface area contributed by atoms with Gasteiger partial charge in [-0.15, -0.1) is 0 Å². The van der Waals surface area contributed by atoms with E-state index in [0.29, 0.717) is 6.07 Å². The molecule has 0 aliphatic heterocycles. The summed E-state index contributed by atoms with van der Waals surface area (Å²) in [5.74, 6) is -0.741. The van der Waals surface area contributed by atoms with Crippen LogP contribution in [0.25, 0.3) is 0 Å². The molecule has 0 saturated heterocycles. The van der Waals surface area contributed by atoms with E-state index < -0.39 is 20.8 Å². The molecule has 14 heavy (non-hydrogen) atoms. The summed E-state index contributed by atoms with van der Waals surface area (Å²) in [6, 6.07) is 1.62. The Kier molecular flexibility index (Phi) is 4.30. The average molecular weight is 230 g/mol. The molecule has 0 amide bonds. The van der Waals surface area contributed by atoms with Crippen molar-refractivity contribution in [2.75, 3.05) is 5.73 Å². The minimum Gasteiger partial charge on any atom is -0.871 e. The summed E-state index contributed by atoms with van der Waals surface area (Å²) in [6.45, 7) is 0. The molecule has 72 valence electrons. The summed E-state index contributed by atoms with van der Waals surface area (Å²) in [7, 11) is -4.40. The van der Waals surface area contributed by atoms with Gasteiger partial charge in [0.05, 0.1) is 15.6 Å². The van der Waals surface area contributed by atoms with Gasteiger partial charge in [-0.25, -0.2) is 0 Å². The molecule has 0 spiro atoms. The number of hydrogen-bond acceptors (Lipinski definition) is 4. The first kappa shape index (κ1) is 13.6. The minimum atomic E-state index is -4.40. The van der Waals surface area contributed by atoms with Crippen LogP contribution in [-0.2, 0) is 10.1 Å². The Morgan fingerprint density at radius 3 is 2.29 bits per heavy atom. The molecule has 0 unspecified atom stereocenters. The van der Waals surface area contributed by atoms with Crippen LogP contribution in [0.3, 0.4) is 0 Å². The first-order valence-electron chi connectivity index (χ1n) is 3.06. The van der Waals surface area contributed by atoms with Gasteiger partial charge >= 0.3 is 18.9 Å². The molecule has 0 saturated carbocycles. The minimum absolute atomic E-state index is 0. The number of nitrogens with two attached hydrogens (primary N) is 1. The van der Waals surface area contributed by atoms with Crippen molar-refractivity contribution >= 4 is 27.4 Å². The molecule has 0 heterocycles. The number of rotatable bonds is 1. The molecule has 0 aromatic heterocycles.